The van der Waals surface area contributed by atoms with Crippen LogP contribution in [-0.4, -0.2) is 39.7 Å². The number of nitro benzene ring substituents is 1. The van der Waals surface area contributed by atoms with Crippen molar-refractivity contribution in [3.8, 4) is 0 Å². The van der Waals surface area contributed by atoms with Crippen LogP contribution in [0.2, 0.25) is 0 Å². The number of aldehydes is 1. The topological polar surface area (TPSA) is 101 Å². The lowest BCUT2D eigenvalue weighted by atomic mass is 9.93. The minimum atomic E-state index is -1.10. The molecule has 1 atom stereocenters. The lowest BCUT2D eigenvalue weighted by Crippen LogP contribution is -2.42. The van der Waals surface area contributed by atoms with E-state index < -0.39 is 11.0 Å². The Morgan fingerprint density at radius 3 is 2.58 bits per heavy atom. The van der Waals surface area contributed by atoms with Gasteiger partial charge in [0.25, 0.3) is 5.69 Å². The summed E-state index contributed by atoms with van der Waals surface area (Å²) in [5.41, 5.74) is 0.397. The molecule has 7 nitrogen and oxygen atoms in total. The maximum atomic E-state index is 13.1. The van der Waals surface area contributed by atoms with Crippen LogP contribution in [0.5, 0.6) is 0 Å². The first kappa shape index (κ1) is 25.0. The Morgan fingerprint density at radius 1 is 1.26 bits per heavy atom. The minimum Gasteiger partial charge on any atom is -0.388 e. The highest BCUT2D eigenvalue weighted by atomic mass is 16.6. The van der Waals surface area contributed by atoms with Gasteiger partial charge in [-0.25, -0.2) is 0 Å². The number of aliphatic hydroxyl groups excluding tert-OH is 1. The number of carbonyl (C=O) groups is 2. The molecule has 1 unspecified atom stereocenters. The van der Waals surface area contributed by atoms with Crippen molar-refractivity contribution in [3.05, 3.63) is 38.9 Å². The maximum absolute atomic E-state index is 13.1. The molecule has 1 N–H and O–H groups in total. The number of amides is 1. The highest BCUT2D eigenvalue weighted by Crippen LogP contribution is 2.30. The van der Waals surface area contributed by atoms with Crippen LogP contribution in [0.1, 0.15) is 105 Å². The van der Waals surface area contributed by atoms with E-state index in [0.29, 0.717) is 11.8 Å². The molecular formula is C24H36N2O5. The van der Waals surface area contributed by atoms with E-state index in [9.17, 15) is 24.8 Å². The normalized spacial score (nSPS) is 15.5. The van der Waals surface area contributed by atoms with Crippen molar-refractivity contribution in [2.24, 2.45) is 0 Å². The Bertz CT molecular complexity index is 759. The van der Waals surface area contributed by atoms with Crippen molar-refractivity contribution in [2.75, 3.05) is 6.54 Å². The highest BCUT2D eigenvalue weighted by molar-refractivity contribution is 5.84. The quantitative estimate of drug-likeness (QED) is 0.210. The molecule has 2 rings (SSSR count). The van der Waals surface area contributed by atoms with Crippen LogP contribution in [0.15, 0.2) is 12.1 Å². The molecule has 1 aromatic rings. The van der Waals surface area contributed by atoms with Crippen molar-refractivity contribution in [1.29, 1.82) is 0 Å². The standard InChI is InChI=1S/C24H36N2O5/c1-3-4-5-9-14-25(19-10-7-6-8-11-19)24(29)13-12-23(28)20-15-18(2)16-22(26(30)31)21(20)17-27/h15-17,19,23,28H,3-14H2,1-2H3. The van der Waals surface area contributed by atoms with Crippen molar-refractivity contribution in [1.82, 2.24) is 4.90 Å². The Hall–Kier alpha value is -2.28. The fourth-order valence-corrected chi connectivity index (χ4v) is 4.53. The van der Waals surface area contributed by atoms with Crippen LogP contribution in [0.25, 0.3) is 0 Å². The maximum Gasteiger partial charge on any atom is 0.280 e. The lowest BCUT2D eigenvalue weighted by molar-refractivity contribution is -0.385. The zero-order valence-corrected chi connectivity index (χ0v) is 18.8. The first-order chi connectivity index (χ1) is 14.9. The van der Waals surface area contributed by atoms with Gasteiger partial charge in [-0.3, -0.25) is 19.7 Å². The summed E-state index contributed by atoms with van der Waals surface area (Å²) in [5.74, 6) is 0.0252. The molecule has 0 radical (unpaired) electrons. The summed E-state index contributed by atoms with van der Waals surface area (Å²) in [6.45, 7) is 4.59. The first-order valence-electron chi connectivity index (χ1n) is 11.6. The molecule has 1 aromatic carbocycles. The van der Waals surface area contributed by atoms with Crippen molar-refractivity contribution in [3.63, 3.8) is 0 Å². The lowest BCUT2D eigenvalue weighted by Gasteiger charge is -2.35. The number of hydrogen-bond acceptors (Lipinski definition) is 5. The second-order valence-electron chi connectivity index (χ2n) is 8.66. The predicted octanol–water partition coefficient (Wildman–Crippen LogP) is 5.27. The second kappa shape index (κ2) is 12.5. The summed E-state index contributed by atoms with van der Waals surface area (Å²) in [7, 11) is 0. The van der Waals surface area contributed by atoms with E-state index in [0.717, 1.165) is 57.9 Å². The smallest absolute Gasteiger partial charge is 0.280 e. The van der Waals surface area contributed by atoms with Gasteiger partial charge in [-0.2, -0.15) is 0 Å². The second-order valence-corrected chi connectivity index (χ2v) is 8.66. The number of unbranched alkanes of at least 4 members (excludes halogenated alkanes) is 3. The number of aryl methyl sites for hydroxylation is 1. The van der Waals surface area contributed by atoms with Gasteiger partial charge in [0.1, 0.15) is 0 Å². The summed E-state index contributed by atoms with van der Waals surface area (Å²) in [6, 6.07) is 3.19. The molecule has 0 aliphatic heterocycles. The molecule has 0 heterocycles. The zero-order chi connectivity index (χ0) is 22.8. The third kappa shape index (κ3) is 7.13. The number of aliphatic hydroxyl groups is 1. The van der Waals surface area contributed by atoms with Crippen LogP contribution in [0, 0.1) is 17.0 Å². The third-order valence-electron chi connectivity index (χ3n) is 6.23. The Labute approximate surface area is 185 Å². The molecular weight excluding hydrogens is 396 g/mol. The fraction of sp³-hybridized carbons (Fsp3) is 0.667. The van der Waals surface area contributed by atoms with Crippen LogP contribution < -0.4 is 0 Å². The van der Waals surface area contributed by atoms with Crippen molar-refractivity contribution < 1.29 is 19.6 Å². The van der Waals surface area contributed by atoms with E-state index >= 15 is 0 Å². The molecule has 1 saturated carbocycles. The fourth-order valence-electron chi connectivity index (χ4n) is 4.53. The number of carbonyl (C=O) groups excluding carboxylic acids is 2. The average molecular weight is 433 g/mol. The summed E-state index contributed by atoms with van der Waals surface area (Å²) < 4.78 is 0. The SMILES string of the molecule is CCCCCCN(C(=O)CCC(O)c1cc(C)cc([N+](=O)[O-])c1C=O)C1CCCCC1. The van der Waals surface area contributed by atoms with Crippen molar-refractivity contribution in [2.45, 2.75) is 96.6 Å². The van der Waals surface area contributed by atoms with Gasteiger partial charge < -0.3 is 10.0 Å². The van der Waals surface area contributed by atoms with Crippen LogP contribution in [0.3, 0.4) is 0 Å². The number of rotatable bonds is 12. The number of hydrogen-bond donors (Lipinski definition) is 1. The van der Waals surface area contributed by atoms with Crippen LogP contribution in [0.4, 0.5) is 5.69 Å². The van der Waals surface area contributed by atoms with E-state index in [-0.39, 0.29) is 41.6 Å². The summed E-state index contributed by atoms with van der Waals surface area (Å²) in [5, 5.41) is 22.0. The van der Waals surface area contributed by atoms with Crippen molar-refractivity contribution >= 4 is 17.9 Å². The van der Waals surface area contributed by atoms with E-state index in [1.165, 1.54) is 12.5 Å². The molecule has 0 bridgehead atoms. The highest BCUT2D eigenvalue weighted by Gasteiger charge is 2.27. The van der Waals surface area contributed by atoms with Gasteiger partial charge in [-0.05, 0) is 43.7 Å². The summed E-state index contributed by atoms with van der Waals surface area (Å²) in [6.07, 6.45) is 9.56. The number of nitro groups is 1. The molecule has 7 heteroatoms. The molecule has 1 aliphatic rings. The van der Waals surface area contributed by atoms with Gasteiger partial charge in [0, 0.05) is 25.1 Å². The van der Waals surface area contributed by atoms with E-state index in [4.69, 9.17) is 0 Å². The van der Waals surface area contributed by atoms with Gasteiger partial charge in [0.2, 0.25) is 5.91 Å². The third-order valence-corrected chi connectivity index (χ3v) is 6.23. The molecule has 31 heavy (non-hydrogen) atoms. The Kier molecular flexibility index (Phi) is 10.1. The van der Waals surface area contributed by atoms with E-state index in [1.807, 2.05) is 4.90 Å². The average Bonchev–Trinajstić information content (AvgIpc) is 2.77. The number of nitrogens with zero attached hydrogens (tertiary/aromatic N) is 2. The van der Waals surface area contributed by atoms with E-state index in [2.05, 4.69) is 6.92 Å². The largest absolute Gasteiger partial charge is 0.388 e. The predicted molar refractivity (Wildman–Crippen MR) is 120 cm³/mol. The van der Waals surface area contributed by atoms with E-state index in [1.54, 1.807) is 13.0 Å². The first-order valence-corrected chi connectivity index (χ1v) is 11.6. The Morgan fingerprint density at radius 2 is 1.97 bits per heavy atom. The van der Waals surface area contributed by atoms with Gasteiger partial charge in [-0.15, -0.1) is 0 Å². The molecule has 1 amide bonds. The zero-order valence-electron chi connectivity index (χ0n) is 18.8. The van der Waals surface area contributed by atoms with Gasteiger partial charge in [-0.1, -0.05) is 51.5 Å². The summed E-state index contributed by atoms with van der Waals surface area (Å²) in [4.78, 5) is 37.3. The minimum absolute atomic E-state index is 0.0252. The van der Waals surface area contributed by atoms with Gasteiger partial charge in [0.15, 0.2) is 6.29 Å². The molecule has 0 saturated heterocycles. The molecule has 1 aliphatic carbocycles. The Balaban J connectivity index is 2.08. The molecule has 1 fully saturated rings. The molecule has 172 valence electrons. The molecule has 0 aromatic heterocycles. The van der Waals surface area contributed by atoms with Gasteiger partial charge >= 0.3 is 0 Å². The summed E-state index contributed by atoms with van der Waals surface area (Å²) >= 11 is 0. The monoisotopic (exact) mass is 432 g/mol. The van der Waals surface area contributed by atoms with Crippen LogP contribution in [-0.2, 0) is 4.79 Å². The molecule has 0 spiro atoms. The van der Waals surface area contributed by atoms with Gasteiger partial charge in [0.05, 0.1) is 16.6 Å². The van der Waals surface area contributed by atoms with Crippen LogP contribution >= 0.6 is 0 Å². The number of benzene rings is 1.